The van der Waals surface area contributed by atoms with Crippen LogP contribution in [0.5, 0.6) is 0 Å². The van der Waals surface area contributed by atoms with Gasteiger partial charge in [0.1, 0.15) is 6.04 Å². The zero-order chi connectivity index (χ0) is 23.9. The number of carbonyl (C=O) groups excluding carboxylic acids is 4. The fraction of sp³-hybridized carbons (Fsp3) is 0.417. The molecule has 0 bridgehead atoms. The average molecular weight is 471 g/mol. The summed E-state index contributed by atoms with van der Waals surface area (Å²) in [5.74, 6) is -0.836. The molecule has 2 aromatic rings. The number of amides is 1. The molecule has 2 saturated heterocycles. The molecule has 0 radical (unpaired) electrons. The molecule has 2 atom stereocenters. The Bertz CT molecular complexity index is 1140. The van der Waals surface area contributed by atoms with Crippen molar-refractivity contribution in [1.29, 1.82) is 0 Å². The molecule has 2 aliphatic heterocycles. The van der Waals surface area contributed by atoms with Crippen molar-refractivity contribution in [3.8, 4) is 5.69 Å². The number of hydrogen-bond donors (Lipinski definition) is 0. The number of esters is 2. The summed E-state index contributed by atoms with van der Waals surface area (Å²) in [6, 6.07) is 7.99. The molecule has 1 aromatic heterocycles. The van der Waals surface area contributed by atoms with Gasteiger partial charge in [0.2, 0.25) is 11.7 Å². The molecule has 0 N–H and O–H groups in total. The number of fused-ring (bicyclic) bond motifs is 1. The number of rotatable bonds is 6. The summed E-state index contributed by atoms with van der Waals surface area (Å²) in [7, 11) is 1.33. The normalized spacial score (nSPS) is 21.8. The number of nitrogens with zero attached hydrogens (tertiary/aromatic N) is 2. The van der Waals surface area contributed by atoms with Crippen LogP contribution in [0.3, 0.4) is 0 Å². The predicted molar refractivity (Wildman–Crippen MR) is 123 cm³/mol. The number of Topliss-reactive ketones (excluding diaryl/α,β-unsaturated/α-hetero) is 1. The second-order valence-electron chi connectivity index (χ2n) is 8.46. The van der Waals surface area contributed by atoms with Crippen LogP contribution in [-0.2, 0) is 19.1 Å². The number of methoxy groups -OCH3 is 1. The van der Waals surface area contributed by atoms with Gasteiger partial charge >= 0.3 is 11.9 Å². The van der Waals surface area contributed by atoms with E-state index in [1.807, 2.05) is 25.3 Å². The molecule has 0 unspecified atom stereocenters. The van der Waals surface area contributed by atoms with Gasteiger partial charge in [-0.3, -0.25) is 9.59 Å². The molecule has 1 aromatic carbocycles. The van der Waals surface area contributed by atoms with Gasteiger partial charge in [-0.05, 0) is 57.5 Å². The van der Waals surface area contributed by atoms with E-state index in [9.17, 15) is 19.2 Å². The maximum atomic E-state index is 12.9. The number of ether oxygens (including phenoxy) is 2. The smallest absolute Gasteiger partial charge is 0.337 e. The largest absolute Gasteiger partial charge is 0.465 e. The van der Waals surface area contributed by atoms with Crippen molar-refractivity contribution in [2.24, 2.45) is 0 Å². The lowest BCUT2D eigenvalue weighted by Crippen LogP contribution is -2.46. The number of hydrogen-bond acceptors (Lipinski definition) is 7. The summed E-state index contributed by atoms with van der Waals surface area (Å²) in [6.07, 6.45) is 1.14. The second-order valence-corrected chi connectivity index (χ2v) is 9.96. The van der Waals surface area contributed by atoms with Crippen molar-refractivity contribution in [3.05, 3.63) is 52.8 Å². The number of ketones is 1. The van der Waals surface area contributed by atoms with Crippen LogP contribution in [0.1, 0.15) is 51.9 Å². The van der Waals surface area contributed by atoms with Crippen molar-refractivity contribution >= 4 is 35.4 Å². The van der Waals surface area contributed by atoms with E-state index in [0.717, 1.165) is 11.4 Å². The van der Waals surface area contributed by atoms with Crippen LogP contribution in [0.15, 0.2) is 30.3 Å². The highest BCUT2D eigenvalue weighted by Gasteiger charge is 2.53. The quantitative estimate of drug-likeness (QED) is 0.473. The molecule has 0 spiro atoms. The van der Waals surface area contributed by atoms with Crippen LogP contribution >= 0.6 is 11.8 Å². The lowest BCUT2D eigenvalue weighted by molar-refractivity contribution is -0.152. The Morgan fingerprint density at radius 2 is 1.88 bits per heavy atom. The molecule has 1 amide bonds. The van der Waals surface area contributed by atoms with E-state index in [1.54, 1.807) is 47.0 Å². The summed E-state index contributed by atoms with van der Waals surface area (Å²) in [5.41, 5.74) is 3.23. The van der Waals surface area contributed by atoms with Gasteiger partial charge in [0.25, 0.3) is 0 Å². The van der Waals surface area contributed by atoms with Gasteiger partial charge in [0, 0.05) is 34.8 Å². The number of thioether (sulfide) groups is 1. The van der Waals surface area contributed by atoms with Gasteiger partial charge in [-0.2, -0.15) is 0 Å². The lowest BCUT2D eigenvalue weighted by Gasteiger charge is -2.29. The molecular weight excluding hydrogens is 444 g/mol. The van der Waals surface area contributed by atoms with Gasteiger partial charge in [-0.25, -0.2) is 9.59 Å². The van der Waals surface area contributed by atoms with Crippen LogP contribution in [0, 0.1) is 13.8 Å². The van der Waals surface area contributed by atoms with Crippen molar-refractivity contribution < 1.29 is 28.7 Å². The van der Waals surface area contributed by atoms with E-state index >= 15 is 0 Å². The summed E-state index contributed by atoms with van der Waals surface area (Å²) >= 11 is 1.58. The Hall–Kier alpha value is -3.07. The average Bonchev–Trinajstić information content (AvgIpc) is 3.41. The third-order valence-electron chi connectivity index (χ3n) is 6.34. The van der Waals surface area contributed by atoms with Crippen LogP contribution < -0.4 is 0 Å². The number of benzene rings is 1. The third-order valence-corrected chi connectivity index (χ3v) is 7.85. The van der Waals surface area contributed by atoms with E-state index in [4.69, 9.17) is 9.47 Å². The summed E-state index contributed by atoms with van der Waals surface area (Å²) in [4.78, 5) is 50.7. The first kappa shape index (κ1) is 23.1. The maximum Gasteiger partial charge on any atom is 0.337 e. The minimum atomic E-state index is -0.649. The number of aryl methyl sites for hydroxylation is 1. The molecule has 0 saturated carbocycles. The summed E-state index contributed by atoms with van der Waals surface area (Å²) < 4.78 is 12.0. The standard InChI is InChI=1S/C24H26N2O6S/c1-14-11-18(15(2)25(14)17-7-5-16(6-8-17)22(29)31-4)20(27)12-32-23(30)19-13-33-24(3)10-9-21(28)26(19)24/h5-8,11,19H,9-10,12-13H2,1-4H3/t19-,24+/m0/s1. The highest BCUT2D eigenvalue weighted by atomic mass is 32.2. The molecular formula is C24H26N2O6S. The Balaban J connectivity index is 1.46. The molecule has 2 aliphatic rings. The number of carbonyl (C=O) groups is 4. The van der Waals surface area contributed by atoms with Gasteiger partial charge in [0.05, 0.1) is 17.5 Å². The van der Waals surface area contributed by atoms with Gasteiger partial charge in [-0.15, -0.1) is 11.8 Å². The first-order valence-electron chi connectivity index (χ1n) is 10.7. The molecule has 0 aliphatic carbocycles. The zero-order valence-corrected chi connectivity index (χ0v) is 19.9. The van der Waals surface area contributed by atoms with Crippen LogP contribution in [0.2, 0.25) is 0 Å². The minimum Gasteiger partial charge on any atom is -0.465 e. The summed E-state index contributed by atoms with van der Waals surface area (Å²) in [5, 5.41) is 0. The van der Waals surface area contributed by atoms with E-state index in [0.29, 0.717) is 35.4 Å². The first-order chi connectivity index (χ1) is 15.7. The predicted octanol–water partition coefficient (Wildman–Crippen LogP) is 3.06. The number of aromatic nitrogens is 1. The maximum absolute atomic E-state index is 12.9. The SMILES string of the molecule is COC(=O)c1ccc(-n2c(C)cc(C(=O)COC(=O)[C@@H]3CS[C@]4(C)CCC(=O)N34)c2C)cc1. The van der Waals surface area contributed by atoms with Crippen molar-refractivity contribution in [3.63, 3.8) is 0 Å². The highest BCUT2D eigenvalue weighted by Crippen LogP contribution is 2.47. The van der Waals surface area contributed by atoms with E-state index in [-0.39, 0.29) is 23.2 Å². The van der Waals surface area contributed by atoms with Crippen molar-refractivity contribution in [2.75, 3.05) is 19.5 Å². The Morgan fingerprint density at radius 1 is 1.18 bits per heavy atom. The van der Waals surface area contributed by atoms with E-state index in [1.165, 1.54) is 7.11 Å². The molecule has 174 valence electrons. The topological polar surface area (TPSA) is 94.9 Å². The lowest BCUT2D eigenvalue weighted by atomic mass is 10.1. The Morgan fingerprint density at radius 3 is 2.55 bits per heavy atom. The molecule has 4 rings (SSSR count). The molecule has 3 heterocycles. The third kappa shape index (κ3) is 4.06. The molecule has 8 nitrogen and oxygen atoms in total. The fourth-order valence-electron chi connectivity index (χ4n) is 4.61. The van der Waals surface area contributed by atoms with Gasteiger partial charge in [0.15, 0.2) is 6.61 Å². The second kappa shape index (κ2) is 8.70. The Labute approximate surface area is 196 Å². The van der Waals surface area contributed by atoms with Crippen LogP contribution in [-0.4, -0.2) is 63.5 Å². The van der Waals surface area contributed by atoms with Gasteiger partial charge in [-0.1, -0.05) is 0 Å². The highest BCUT2D eigenvalue weighted by molar-refractivity contribution is 8.01. The molecule has 2 fully saturated rings. The van der Waals surface area contributed by atoms with E-state index < -0.39 is 18.0 Å². The fourth-order valence-corrected chi connectivity index (χ4v) is 6.03. The zero-order valence-electron chi connectivity index (χ0n) is 19.0. The van der Waals surface area contributed by atoms with Crippen LogP contribution in [0.4, 0.5) is 0 Å². The van der Waals surface area contributed by atoms with Crippen molar-refractivity contribution in [1.82, 2.24) is 9.47 Å². The van der Waals surface area contributed by atoms with Crippen LogP contribution in [0.25, 0.3) is 5.69 Å². The van der Waals surface area contributed by atoms with Gasteiger partial charge < -0.3 is 18.9 Å². The minimum absolute atomic E-state index is 0.0439. The Kier molecular flexibility index (Phi) is 6.09. The van der Waals surface area contributed by atoms with Crippen molar-refractivity contribution in [2.45, 2.75) is 44.5 Å². The monoisotopic (exact) mass is 470 g/mol. The summed E-state index contributed by atoms with van der Waals surface area (Å²) in [6.45, 7) is 5.27. The molecule has 33 heavy (non-hydrogen) atoms. The first-order valence-corrected chi connectivity index (χ1v) is 11.7. The van der Waals surface area contributed by atoms with E-state index in [2.05, 4.69) is 0 Å². The molecule has 9 heteroatoms.